The van der Waals surface area contributed by atoms with E-state index in [1.807, 2.05) is 11.6 Å². The topological polar surface area (TPSA) is 17.8 Å². The predicted molar refractivity (Wildman–Crippen MR) is 79.4 cm³/mol. The van der Waals surface area contributed by atoms with E-state index >= 15 is 0 Å². The quantitative estimate of drug-likeness (QED) is 0.756. The van der Waals surface area contributed by atoms with Gasteiger partial charge in [0.05, 0.1) is 21.5 Å². The molecule has 1 aromatic heterocycles. The maximum Gasteiger partial charge on any atom is 0.0743 e. The molecule has 0 aliphatic rings. The second-order valence-electron chi connectivity index (χ2n) is 5.69. The molecule has 3 heteroatoms. The minimum absolute atomic E-state index is 0.189. The van der Waals surface area contributed by atoms with Crippen molar-refractivity contribution in [2.75, 3.05) is 0 Å². The van der Waals surface area contributed by atoms with Crippen LogP contribution < -0.4 is 0 Å². The van der Waals surface area contributed by atoms with Crippen LogP contribution in [0.2, 0.25) is 0 Å². The zero-order chi connectivity index (χ0) is 13.5. The lowest BCUT2D eigenvalue weighted by Gasteiger charge is -2.19. The van der Waals surface area contributed by atoms with Crippen LogP contribution in [0.1, 0.15) is 37.7 Å². The van der Waals surface area contributed by atoms with E-state index in [0.29, 0.717) is 0 Å². The van der Waals surface area contributed by atoms with Crippen LogP contribution in [0, 0.1) is 13.8 Å². The van der Waals surface area contributed by atoms with E-state index in [2.05, 4.69) is 73.0 Å². The Hall–Kier alpha value is -1.09. The predicted octanol–water partition coefficient (Wildman–Crippen LogP) is 4.55. The molecule has 0 spiro atoms. The summed E-state index contributed by atoms with van der Waals surface area (Å²) in [5.74, 6) is 0. The SMILES string of the molecule is Cc1nn(-c2ccc(C(C)(C)C)cc2)c(C)c1Br. The Morgan fingerprint density at radius 1 is 1.06 bits per heavy atom. The van der Waals surface area contributed by atoms with Crippen molar-refractivity contribution < 1.29 is 0 Å². The maximum absolute atomic E-state index is 4.54. The highest BCUT2D eigenvalue weighted by molar-refractivity contribution is 9.10. The molecule has 0 aliphatic heterocycles. The van der Waals surface area contributed by atoms with Crippen molar-refractivity contribution in [2.24, 2.45) is 0 Å². The van der Waals surface area contributed by atoms with Gasteiger partial charge in [-0.2, -0.15) is 5.10 Å². The highest BCUT2D eigenvalue weighted by atomic mass is 79.9. The molecule has 18 heavy (non-hydrogen) atoms. The van der Waals surface area contributed by atoms with E-state index in [4.69, 9.17) is 0 Å². The Labute approximate surface area is 117 Å². The van der Waals surface area contributed by atoms with Crippen molar-refractivity contribution in [3.63, 3.8) is 0 Å². The van der Waals surface area contributed by atoms with Gasteiger partial charge in [-0.1, -0.05) is 32.9 Å². The van der Waals surface area contributed by atoms with Crippen molar-refractivity contribution in [1.82, 2.24) is 9.78 Å². The maximum atomic E-state index is 4.54. The van der Waals surface area contributed by atoms with Gasteiger partial charge in [-0.05, 0) is 52.9 Å². The molecule has 0 bridgehead atoms. The number of aryl methyl sites for hydroxylation is 1. The zero-order valence-corrected chi connectivity index (χ0v) is 13.2. The Bertz CT molecular complexity index is 559. The third kappa shape index (κ3) is 2.37. The first-order valence-electron chi connectivity index (χ1n) is 6.13. The molecule has 2 nitrogen and oxygen atoms in total. The molecule has 0 radical (unpaired) electrons. The number of halogens is 1. The first-order chi connectivity index (χ1) is 8.30. The summed E-state index contributed by atoms with van der Waals surface area (Å²) in [5.41, 5.74) is 4.79. The second-order valence-corrected chi connectivity index (χ2v) is 6.49. The number of hydrogen-bond donors (Lipinski definition) is 0. The number of nitrogens with zero attached hydrogens (tertiary/aromatic N) is 2. The average molecular weight is 307 g/mol. The standard InChI is InChI=1S/C15H19BrN2/c1-10-14(16)11(2)18(17-10)13-8-6-12(7-9-13)15(3,4)5/h6-9H,1-5H3. The van der Waals surface area contributed by atoms with E-state index in [0.717, 1.165) is 21.5 Å². The van der Waals surface area contributed by atoms with Crippen molar-refractivity contribution >= 4 is 15.9 Å². The molecule has 0 saturated carbocycles. The van der Waals surface area contributed by atoms with Crippen LogP contribution in [0.3, 0.4) is 0 Å². The zero-order valence-electron chi connectivity index (χ0n) is 11.6. The van der Waals surface area contributed by atoms with Gasteiger partial charge < -0.3 is 0 Å². The lowest BCUT2D eigenvalue weighted by atomic mass is 9.87. The van der Waals surface area contributed by atoms with Gasteiger partial charge in [0.2, 0.25) is 0 Å². The molecular formula is C15H19BrN2. The minimum Gasteiger partial charge on any atom is -0.237 e. The minimum atomic E-state index is 0.189. The fourth-order valence-corrected chi connectivity index (χ4v) is 2.22. The summed E-state index contributed by atoms with van der Waals surface area (Å²) in [7, 11) is 0. The highest BCUT2D eigenvalue weighted by Crippen LogP contribution is 2.26. The summed E-state index contributed by atoms with van der Waals surface area (Å²) >= 11 is 3.56. The molecule has 2 aromatic rings. The van der Waals surface area contributed by atoms with E-state index in [1.54, 1.807) is 0 Å². The Morgan fingerprint density at radius 3 is 2.00 bits per heavy atom. The third-order valence-corrected chi connectivity index (χ3v) is 4.33. The van der Waals surface area contributed by atoms with Gasteiger partial charge in [-0.3, -0.25) is 0 Å². The Morgan fingerprint density at radius 2 is 1.61 bits per heavy atom. The number of rotatable bonds is 1. The van der Waals surface area contributed by atoms with Crippen LogP contribution in [0.25, 0.3) is 5.69 Å². The summed E-state index contributed by atoms with van der Waals surface area (Å²) < 4.78 is 3.06. The van der Waals surface area contributed by atoms with Gasteiger partial charge in [0.15, 0.2) is 0 Å². The lowest BCUT2D eigenvalue weighted by molar-refractivity contribution is 0.590. The van der Waals surface area contributed by atoms with E-state index in [1.165, 1.54) is 5.56 Å². The van der Waals surface area contributed by atoms with Gasteiger partial charge in [0.25, 0.3) is 0 Å². The fraction of sp³-hybridized carbons (Fsp3) is 0.400. The Kier molecular flexibility index (Phi) is 3.37. The molecule has 0 saturated heterocycles. The Balaban J connectivity index is 2.44. The van der Waals surface area contributed by atoms with Crippen molar-refractivity contribution in [3.05, 3.63) is 45.7 Å². The van der Waals surface area contributed by atoms with E-state index in [-0.39, 0.29) is 5.41 Å². The van der Waals surface area contributed by atoms with E-state index in [9.17, 15) is 0 Å². The molecule has 0 fully saturated rings. The monoisotopic (exact) mass is 306 g/mol. The average Bonchev–Trinajstić information content (AvgIpc) is 2.56. The van der Waals surface area contributed by atoms with Gasteiger partial charge in [-0.15, -0.1) is 0 Å². The number of hydrogen-bond acceptors (Lipinski definition) is 1. The molecule has 0 aliphatic carbocycles. The highest BCUT2D eigenvalue weighted by Gasteiger charge is 2.14. The lowest BCUT2D eigenvalue weighted by Crippen LogP contribution is -2.11. The number of benzene rings is 1. The van der Waals surface area contributed by atoms with E-state index < -0.39 is 0 Å². The molecule has 1 heterocycles. The van der Waals surface area contributed by atoms with Crippen molar-refractivity contribution in [1.29, 1.82) is 0 Å². The van der Waals surface area contributed by atoms with Crippen molar-refractivity contribution in [3.8, 4) is 5.69 Å². The fourth-order valence-electron chi connectivity index (χ4n) is 1.98. The molecule has 96 valence electrons. The molecule has 1 aromatic carbocycles. The molecule has 2 rings (SSSR count). The van der Waals surface area contributed by atoms with Gasteiger partial charge >= 0.3 is 0 Å². The summed E-state index contributed by atoms with van der Waals surface area (Å²) in [6.45, 7) is 10.8. The second kappa shape index (κ2) is 4.54. The summed E-state index contributed by atoms with van der Waals surface area (Å²) in [6.07, 6.45) is 0. The van der Waals surface area contributed by atoms with Gasteiger partial charge in [-0.25, -0.2) is 4.68 Å². The summed E-state index contributed by atoms with van der Waals surface area (Å²) in [5, 5.41) is 4.54. The first-order valence-corrected chi connectivity index (χ1v) is 6.92. The molecule has 0 amide bonds. The summed E-state index contributed by atoms with van der Waals surface area (Å²) in [6, 6.07) is 8.62. The smallest absolute Gasteiger partial charge is 0.0743 e. The molecular weight excluding hydrogens is 288 g/mol. The van der Waals surface area contributed by atoms with Gasteiger partial charge in [0.1, 0.15) is 0 Å². The molecule has 0 atom stereocenters. The summed E-state index contributed by atoms with van der Waals surface area (Å²) in [4.78, 5) is 0. The van der Waals surface area contributed by atoms with Crippen LogP contribution >= 0.6 is 15.9 Å². The van der Waals surface area contributed by atoms with Crippen LogP contribution in [-0.2, 0) is 5.41 Å². The normalized spacial score (nSPS) is 11.9. The van der Waals surface area contributed by atoms with Gasteiger partial charge in [0, 0.05) is 0 Å². The van der Waals surface area contributed by atoms with Crippen LogP contribution in [-0.4, -0.2) is 9.78 Å². The first kappa shape index (κ1) is 13.3. The molecule has 0 unspecified atom stereocenters. The van der Waals surface area contributed by atoms with Crippen LogP contribution in [0.5, 0.6) is 0 Å². The third-order valence-electron chi connectivity index (χ3n) is 3.18. The van der Waals surface area contributed by atoms with Crippen LogP contribution in [0.15, 0.2) is 28.7 Å². The largest absolute Gasteiger partial charge is 0.237 e. The number of aromatic nitrogens is 2. The van der Waals surface area contributed by atoms with Crippen LogP contribution in [0.4, 0.5) is 0 Å². The van der Waals surface area contributed by atoms with Crippen molar-refractivity contribution in [2.45, 2.75) is 40.0 Å². The molecule has 0 N–H and O–H groups in total.